The molecule has 148 valence electrons. The molecule has 0 saturated carbocycles. The molecule has 0 bridgehead atoms. The first-order valence-electron chi connectivity index (χ1n) is 9.76. The maximum absolute atomic E-state index is 12.6. The van der Waals surface area contributed by atoms with Crippen LogP contribution >= 0.6 is 0 Å². The Labute approximate surface area is 160 Å². The topological polar surface area (TPSA) is 71.1 Å². The van der Waals surface area contributed by atoms with E-state index in [0.29, 0.717) is 11.5 Å². The zero-order valence-corrected chi connectivity index (χ0v) is 16.4. The molecule has 1 aromatic carbocycles. The van der Waals surface area contributed by atoms with Crippen LogP contribution in [0.5, 0.6) is 11.5 Å². The molecule has 0 spiro atoms. The number of fused-ring (bicyclic) bond motifs is 1. The molecule has 7 heteroatoms. The fourth-order valence-electron chi connectivity index (χ4n) is 3.72. The number of rotatable bonds is 6. The highest BCUT2D eigenvalue weighted by atomic mass is 16.7. The number of anilines is 1. The van der Waals surface area contributed by atoms with Crippen LogP contribution < -0.4 is 14.8 Å². The van der Waals surface area contributed by atoms with Gasteiger partial charge in [-0.05, 0) is 58.8 Å². The largest absolute Gasteiger partial charge is 0.454 e. The molecule has 1 unspecified atom stereocenters. The number of benzene rings is 1. The number of amides is 2. The summed E-state index contributed by atoms with van der Waals surface area (Å²) in [6, 6.07) is 5.29. The number of likely N-dealkylation sites (N-methyl/N-ethyl adjacent to an activating group) is 1. The second-order valence-electron chi connectivity index (χ2n) is 7.05. The van der Waals surface area contributed by atoms with Crippen molar-refractivity contribution in [3.8, 4) is 11.5 Å². The molecule has 3 rings (SSSR count). The van der Waals surface area contributed by atoms with Crippen molar-refractivity contribution in [1.29, 1.82) is 0 Å². The first-order chi connectivity index (χ1) is 13.0. The SMILES string of the molecule is CCN(CC)C(=O)C(C)N1CCC(C(=O)Nc2ccc3c(c2)OCO3)CC1. The van der Waals surface area contributed by atoms with Crippen LogP contribution in [0.4, 0.5) is 5.69 Å². The molecule has 0 aliphatic carbocycles. The molecular formula is C20H29N3O4. The number of nitrogens with one attached hydrogen (secondary N) is 1. The monoisotopic (exact) mass is 375 g/mol. The van der Waals surface area contributed by atoms with Crippen LogP contribution in [0.3, 0.4) is 0 Å². The number of hydrogen-bond donors (Lipinski definition) is 1. The van der Waals surface area contributed by atoms with E-state index in [1.165, 1.54) is 0 Å². The zero-order chi connectivity index (χ0) is 19.4. The van der Waals surface area contributed by atoms with Crippen molar-refractivity contribution in [2.45, 2.75) is 39.7 Å². The minimum atomic E-state index is -0.136. The van der Waals surface area contributed by atoms with Gasteiger partial charge in [0.2, 0.25) is 18.6 Å². The summed E-state index contributed by atoms with van der Waals surface area (Å²) < 4.78 is 10.6. The first kappa shape index (κ1) is 19.5. The predicted octanol–water partition coefficient (Wildman–Crippen LogP) is 2.32. The van der Waals surface area contributed by atoms with Gasteiger partial charge >= 0.3 is 0 Å². The molecule has 1 aromatic rings. The van der Waals surface area contributed by atoms with Crippen LogP contribution in [-0.4, -0.2) is 60.6 Å². The molecule has 2 heterocycles. The molecular weight excluding hydrogens is 346 g/mol. The molecule has 0 radical (unpaired) electrons. The molecule has 1 fully saturated rings. The van der Waals surface area contributed by atoms with Crippen LogP contribution in [0.15, 0.2) is 18.2 Å². The summed E-state index contributed by atoms with van der Waals surface area (Å²) in [5.41, 5.74) is 0.719. The summed E-state index contributed by atoms with van der Waals surface area (Å²) in [5.74, 6) is 1.52. The van der Waals surface area contributed by atoms with E-state index in [4.69, 9.17) is 9.47 Å². The summed E-state index contributed by atoms with van der Waals surface area (Å²) in [5, 5.41) is 2.98. The van der Waals surface area contributed by atoms with Gasteiger partial charge in [0.05, 0.1) is 6.04 Å². The lowest BCUT2D eigenvalue weighted by Crippen LogP contribution is -2.50. The molecule has 27 heavy (non-hydrogen) atoms. The Balaban J connectivity index is 1.51. The third kappa shape index (κ3) is 4.35. The Hall–Kier alpha value is -2.28. The van der Waals surface area contributed by atoms with Crippen molar-refractivity contribution in [3.05, 3.63) is 18.2 Å². The van der Waals surface area contributed by atoms with Gasteiger partial charge in [-0.25, -0.2) is 0 Å². The lowest BCUT2D eigenvalue weighted by atomic mass is 9.94. The summed E-state index contributed by atoms with van der Waals surface area (Å²) >= 11 is 0. The third-order valence-corrected chi connectivity index (χ3v) is 5.52. The molecule has 2 aliphatic heterocycles. The van der Waals surface area contributed by atoms with Gasteiger partial charge in [-0.3, -0.25) is 14.5 Å². The van der Waals surface area contributed by atoms with E-state index in [2.05, 4.69) is 10.2 Å². The quantitative estimate of drug-likeness (QED) is 0.826. The van der Waals surface area contributed by atoms with Crippen LogP contribution in [0.2, 0.25) is 0 Å². The standard InChI is InChI=1S/C20H29N3O4/c1-4-22(5-2)20(25)14(3)23-10-8-15(9-11-23)19(24)21-16-6-7-17-18(12-16)27-13-26-17/h6-7,12,14-15H,4-5,8-11,13H2,1-3H3,(H,21,24). The van der Waals surface area contributed by atoms with E-state index in [1.54, 1.807) is 12.1 Å². The number of piperidine rings is 1. The van der Waals surface area contributed by atoms with Crippen LogP contribution in [0, 0.1) is 5.92 Å². The number of hydrogen-bond acceptors (Lipinski definition) is 5. The Kier molecular flexibility index (Phi) is 6.21. The minimum absolute atomic E-state index is 0.0243. The van der Waals surface area contributed by atoms with Crippen molar-refractivity contribution in [1.82, 2.24) is 9.80 Å². The second-order valence-corrected chi connectivity index (χ2v) is 7.05. The van der Waals surface area contributed by atoms with Gasteiger partial charge in [-0.15, -0.1) is 0 Å². The van der Waals surface area contributed by atoms with Crippen molar-refractivity contribution in [2.75, 3.05) is 38.3 Å². The maximum atomic E-state index is 12.6. The highest BCUT2D eigenvalue weighted by Crippen LogP contribution is 2.34. The van der Waals surface area contributed by atoms with Crippen LogP contribution in [-0.2, 0) is 9.59 Å². The Bertz CT molecular complexity index is 682. The molecule has 7 nitrogen and oxygen atoms in total. The van der Waals surface area contributed by atoms with E-state index in [0.717, 1.165) is 44.7 Å². The normalized spacial score (nSPS) is 18.2. The average Bonchev–Trinajstić information content (AvgIpc) is 3.16. The molecule has 1 N–H and O–H groups in total. The summed E-state index contributed by atoms with van der Waals surface area (Å²) in [6.45, 7) is 9.16. The van der Waals surface area contributed by atoms with Gasteiger partial charge in [-0.1, -0.05) is 0 Å². The van der Waals surface area contributed by atoms with E-state index in [9.17, 15) is 9.59 Å². The van der Waals surface area contributed by atoms with Gasteiger partial charge in [-0.2, -0.15) is 0 Å². The van der Waals surface area contributed by atoms with Gasteiger partial charge in [0, 0.05) is 30.8 Å². The third-order valence-electron chi connectivity index (χ3n) is 5.52. The number of carbonyl (C=O) groups is 2. The maximum Gasteiger partial charge on any atom is 0.239 e. The Morgan fingerprint density at radius 3 is 2.52 bits per heavy atom. The minimum Gasteiger partial charge on any atom is -0.454 e. The van der Waals surface area contributed by atoms with E-state index < -0.39 is 0 Å². The van der Waals surface area contributed by atoms with Crippen LogP contribution in [0.1, 0.15) is 33.6 Å². The molecule has 1 saturated heterocycles. The lowest BCUT2D eigenvalue weighted by Gasteiger charge is -2.36. The van der Waals surface area contributed by atoms with Crippen molar-refractivity contribution < 1.29 is 19.1 Å². The number of likely N-dealkylation sites (tertiary alicyclic amines) is 1. The average molecular weight is 375 g/mol. The van der Waals surface area contributed by atoms with Gasteiger partial charge in [0.1, 0.15) is 0 Å². The first-order valence-corrected chi connectivity index (χ1v) is 9.76. The van der Waals surface area contributed by atoms with Gasteiger partial charge in [0.15, 0.2) is 11.5 Å². The van der Waals surface area contributed by atoms with Crippen molar-refractivity contribution in [3.63, 3.8) is 0 Å². The van der Waals surface area contributed by atoms with E-state index in [1.807, 2.05) is 31.7 Å². The predicted molar refractivity (Wildman–Crippen MR) is 103 cm³/mol. The molecule has 2 amide bonds. The van der Waals surface area contributed by atoms with Crippen molar-refractivity contribution in [2.24, 2.45) is 5.92 Å². The number of carbonyl (C=O) groups excluding carboxylic acids is 2. The molecule has 1 atom stereocenters. The molecule has 0 aromatic heterocycles. The summed E-state index contributed by atoms with van der Waals surface area (Å²) in [7, 11) is 0. The van der Waals surface area contributed by atoms with E-state index >= 15 is 0 Å². The van der Waals surface area contributed by atoms with Gasteiger partial charge in [0.25, 0.3) is 0 Å². The Morgan fingerprint density at radius 1 is 1.19 bits per heavy atom. The zero-order valence-electron chi connectivity index (χ0n) is 16.4. The Morgan fingerprint density at radius 2 is 1.85 bits per heavy atom. The smallest absolute Gasteiger partial charge is 0.239 e. The highest BCUT2D eigenvalue weighted by Gasteiger charge is 2.31. The lowest BCUT2D eigenvalue weighted by molar-refractivity contribution is -0.136. The molecule has 2 aliphatic rings. The van der Waals surface area contributed by atoms with Gasteiger partial charge < -0.3 is 19.7 Å². The number of ether oxygens (including phenoxy) is 2. The highest BCUT2D eigenvalue weighted by molar-refractivity contribution is 5.93. The summed E-state index contributed by atoms with van der Waals surface area (Å²) in [4.78, 5) is 29.2. The number of nitrogens with zero attached hydrogens (tertiary/aromatic N) is 2. The van der Waals surface area contributed by atoms with Crippen LogP contribution in [0.25, 0.3) is 0 Å². The van der Waals surface area contributed by atoms with E-state index in [-0.39, 0.29) is 30.6 Å². The second kappa shape index (κ2) is 8.61. The fourth-order valence-corrected chi connectivity index (χ4v) is 3.72. The fraction of sp³-hybridized carbons (Fsp3) is 0.600. The van der Waals surface area contributed by atoms with Crippen molar-refractivity contribution >= 4 is 17.5 Å². The summed E-state index contributed by atoms with van der Waals surface area (Å²) in [6.07, 6.45) is 1.51.